The molecule has 0 spiro atoms. The molecule has 4 rings (SSSR count). The highest BCUT2D eigenvalue weighted by Crippen LogP contribution is 2.39. The predicted molar refractivity (Wildman–Crippen MR) is 131 cm³/mol. The van der Waals surface area contributed by atoms with Crippen LogP contribution in [-0.4, -0.2) is 14.8 Å². The summed E-state index contributed by atoms with van der Waals surface area (Å²) in [4.78, 5) is 0. The van der Waals surface area contributed by atoms with Crippen molar-refractivity contribution in [2.45, 2.75) is 20.4 Å². The number of rotatable bonds is 4. The van der Waals surface area contributed by atoms with Gasteiger partial charge in [0, 0.05) is 16.1 Å². The highest BCUT2D eigenvalue weighted by atomic mass is 35.5. The Morgan fingerprint density at radius 2 is 1.68 bits per heavy atom. The molecule has 4 aromatic rings. The second kappa shape index (κ2) is 8.88. The summed E-state index contributed by atoms with van der Waals surface area (Å²) in [5, 5.41) is 24.2. The lowest BCUT2D eigenvalue weighted by atomic mass is 10.1. The third-order valence-corrected chi connectivity index (χ3v) is 5.71. The molecule has 1 aromatic heterocycles. The van der Waals surface area contributed by atoms with Gasteiger partial charge < -0.3 is 15.0 Å². The van der Waals surface area contributed by atoms with Gasteiger partial charge in [-0.05, 0) is 54.9 Å². The monoisotopic (exact) mass is 448 g/mol. The smallest absolute Gasteiger partial charge is 0.221 e. The summed E-state index contributed by atoms with van der Waals surface area (Å²) in [5.74, 6) is 0.0136. The molecule has 0 saturated heterocycles. The van der Waals surface area contributed by atoms with Gasteiger partial charge in [0.2, 0.25) is 11.0 Å². The number of azo groups is 1. The Bertz CT molecular complexity index is 1290. The van der Waals surface area contributed by atoms with E-state index in [1.54, 1.807) is 4.57 Å². The molecule has 0 fully saturated rings. The minimum Gasteiger partial charge on any atom is -0.493 e. The lowest BCUT2D eigenvalue weighted by Crippen LogP contribution is -2.07. The molecule has 156 valence electrons. The van der Waals surface area contributed by atoms with Crippen LogP contribution in [0.15, 0.2) is 77.0 Å². The van der Waals surface area contributed by atoms with E-state index in [4.69, 9.17) is 23.8 Å². The summed E-state index contributed by atoms with van der Waals surface area (Å²) in [7, 11) is 0. The van der Waals surface area contributed by atoms with Crippen molar-refractivity contribution in [1.29, 1.82) is 0 Å². The van der Waals surface area contributed by atoms with E-state index in [0.29, 0.717) is 17.3 Å². The van der Waals surface area contributed by atoms with Gasteiger partial charge in [0.05, 0.1) is 12.1 Å². The van der Waals surface area contributed by atoms with Crippen molar-refractivity contribution < 1.29 is 5.11 Å². The fourth-order valence-electron chi connectivity index (χ4n) is 3.57. The van der Waals surface area contributed by atoms with Gasteiger partial charge in [0.15, 0.2) is 5.69 Å². The number of aryl methyl sites for hydroxylation is 2. The standard InChI is InChI=1S/C24H21ClN4OS/c1-15-8-7-9-16(2)21(15)26-24(31)28-27-22-18-11-4-6-13-20(18)29(23(22)30)14-17-10-3-5-12-19(17)25/h3-13,30H,14H2,1-2H3,(H,26,31). The van der Waals surface area contributed by atoms with Gasteiger partial charge in [-0.2, -0.15) is 0 Å². The first kappa shape index (κ1) is 21.0. The Morgan fingerprint density at radius 1 is 1.00 bits per heavy atom. The molecule has 0 atom stereocenters. The van der Waals surface area contributed by atoms with E-state index in [1.165, 1.54) is 0 Å². The largest absolute Gasteiger partial charge is 0.493 e. The van der Waals surface area contributed by atoms with Crippen LogP contribution in [0.1, 0.15) is 16.7 Å². The van der Waals surface area contributed by atoms with Crippen LogP contribution in [0.3, 0.4) is 0 Å². The van der Waals surface area contributed by atoms with Crippen molar-refractivity contribution >= 4 is 51.2 Å². The van der Waals surface area contributed by atoms with Crippen LogP contribution in [0.4, 0.5) is 11.4 Å². The van der Waals surface area contributed by atoms with Crippen LogP contribution in [0.5, 0.6) is 5.88 Å². The van der Waals surface area contributed by atoms with Crippen LogP contribution in [0.25, 0.3) is 10.9 Å². The highest BCUT2D eigenvalue weighted by molar-refractivity contribution is 7.80. The van der Waals surface area contributed by atoms with E-state index in [2.05, 4.69) is 15.5 Å². The molecule has 0 radical (unpaired) electrons. The maximum absolute atomic E-state index is 11.0. The number of hydrogen-bond acceptors (Lipinski definition) is 3. The molecule has 0 bridgehead atoms. The number of fused-ring (bicyclic) bond motifs is 1. The first-order valence-electron chi connectivity index (χ1n) is 9.78. The van der Waals surface area contributed by atoms with Crippen LogP contribution < -0.4 is 5.32 Å². The van der Waals surface area contributed by atoms with Crippen molar-refractivity contribution in [2.75, 3.05) is 5.32 Å². The predicted octanol–water partition coefficient (Wildman–Crippen LogP) is 7.15. The molecule has 0 saturated carbocycles. The fraction of sp³-hybridized carbons (Fsp3) is 0.125. The van der Waals surface area contributed by atoms with Gasteiger partial charge in [-0.3, -0.25) is 0 Å². The number of hydrogen-bond donors (Lipinski definition) is 2. The summed E-state index contributed by atoms with van der Waals surface area (Å²) in [5.41, 5.74) is 5.15. The molecule has 7 heteroatoms. The van der Waals surface area contributed by atoms with E-state index in [9.17, 15) is 5.11 Å². The van der Waals surface area contributed by atoms with Crippen molar-refractivity contribution in [3.63, 3.8) is 0 Å². The number of aromatic hydroxyl groups is 1. The zero-order valence-electron chi connectivity index (χ0n) is 17.1. The number of nitrogens with one attached hydrogen (secondary N) is 1. The Balaban J connectivity index is 1.67. The molecule has 0 aliphatic heterocycles. The minimum atomic E-state index is 0.0136. The zero-order valence-corrected chi connectivity index (χ0v) is 18.7. The maximum atomic E-state index is 11.0. The summed E-state index contributed by atoms with van der Waals surface area (Å²) in [6, 6.07) is 21.2. The molecule has 0 unspecified atom stereocenters. The zero-order chi connectivity index (χ0) is 22.0. The van der Waals surface area contributed by atoms with Crippen LogP contribution in [-0.2, 0) is 6.54 Å². The average molecular weight is 449 g/mol. The van der Waals surface area contributed by atoms with Gasteiger partial charge in [0.25, 0.3) is 0 Å². The first-order chi connectivity index (χ1) is 15.0. The first-order valence-corrected chi connectivity index (χ1v) is 10.6. The number of anilines is 1. The molecule has 5 nitrogen and oxygen atoms in total. The minimum absolute atomic E-state index is 0.0136. The van der Waals surface area contributed by atoms with Crippen molar-refractivity contribution in [3.8, 4) is 5.88 Å². The summed E-state index contributed by atoms with van der Waals surface area (Å²) in [6.07, 6.45) is 0. The van der Waals surface area contributed by atoms with Crippen molar-refractivity contribution in [3.05, 3.63) is 88.4 Å². The Labute approximate surface area is 191 Å². The van der Waals surface area contributed by atoms with Crippen molar-refractivity contribution in [1.82, 2.24) is 4.57 Å². The summed E-state index contributed by atoms with van der Waals surface area (Å²) >= 11 is 11.7. The third kappa shape index (κ3) is 4.31. The van der Waals surface area contributed by atoms with Gasteiger partial charge in [-0.15, -0.1) is 10.2 Å². The topological polar surface area (TPSA) is 61.9 Å². The van der Waals surface area contributed by atoms with Crippen LogP contribution in [0.2, 0.25) is 5.02 Å². The second-order valence-corrected chi connectivity index (χ2v) is 8.06. The summed E-state index contributed by atoms with van der Waals surface area (Å²) in [6.45, 7) is 4.42. The average Bonchev–Trinajstić information content (AvgIpc) is 3.02. The Morgan fingerprint density at radius 3 is 2.42 bits per heavy atom. The molecular formula is C24H21ClN4OS. The number of halogens is 1. The Kier molecular flexibility index (Phi) is 6.02. The molecule has 3 aromatic carbocycles. The number of benzene rings is 3. The number of para-hydroxylation sites is 2. The lowest BCUT2D eigenvalue weighted by molar-refractivity contribution is 0.429. The third-order valence-electron chi connectivity index (χ3n) is 5.16. The Hall–Kier alpha value is -3.22. The highest BCUT2D eigenvalue weighted by Gasteiger charge is 2.17. The molecule has 0 aliphatic carbocycles. The van der Waals surface area contributed by atoms with Crippen LogP contribution >= 0.6 is 23.8 Å². The molecule has 2 N–H and O–H groups in total. The van der Waals surface area contributed by atoms with Gasteiger partial charge in [-0.1, -0.05) is 66.2 Å². The maximum Gasteiger partial charge on any atom is 0.221 e. The lowest BCUT2D eigenvalue weighted by Gasteiger charge is -2.10. The molecule has 31 heavy (non-hydrogen) atoms. The fourth-order valence-corrected chi connectivity index (χ4v) is 3.90. The van der Waals surface area contributed by atoms with Crippen molar-refractivity contribution in [2.24, 2.45) is 10.2 Å². The quantitative estimate of drug-likeness (QED) is 0.257. The van der Waals surface area contributed by atoms with E-state index < -0.39 is 0 Å². The van der Waals surface area contributed by atoms with E-state index >= 15 is 0 Å². The summed E-state index contributed by atoms with van der Waals surface area (Å²) < 4.78 is 1.77. The normalized spacial score (nSPS) is 11.3. The van der Waals surface area contributed by atoms with E-state index in [1.807, 2.05) is 80.6 Å². The molecular weight excluding hydrogens is 428 g/mol. The van der Waals surface area contributed by atoms with Gasteiger partial charge in [-0.25, -0.2) is 0 Å². The van der Waals surface area contributed by atoms with Crippen LogP contribution in [0, 0.1) is 13.8 Å². The number of nitrogens with zero attached hydrogens (tertiary/aromatic N) is 3. The number of thiocarbonyl (C=S) groups is 1. The molecule has 1 heterocycles. The molecule has 0 aliphatic rings. The van der Waals surface area contributed by atoms with E-state index in [-0.39, 0.29) is 11.0 Å². The molecule has 0 amide bonds. The van der Waals surface area contributed by atoms with E-state index in [0.717, 1.165) is 33.3 Å². The SMILES string of the molecule is Cc1cccc(C)c1NC(=S)N=Nc1c(O)n(Cc2ccccc2Cl)c2ccccc12. The van der Waals surface area contributed by atoms with Gasteiger partial charge >= 0.3 is 0 Å². The number of aromatic nitrogens is 1. The van der Waals surface area contributed by atoms with Gasteiger partial charge in [0.1, 0.15) is 0 Å². The second-order valence-electron chi connectivity index (χ2n) is 7.26.